The molecule has 0 atom stereocenters. The quantitative estimate of drug-likeness (QED) is 0.778. The van der Waals surface area contributed by atoms with Crippen molar-refractivity contribution in [2.45, 2.75) is 40.0 Å². The van der Waals surface area contributed by atoms with Crippen molar-refractivity contribution in [1.82, 2.24) is 9.80 Å². The fourth-order valence-electron chi connectivity index (χ4n) is 3.07. The largest absolute Gasteiger partial charge is 0.341 e. The Bertz CT molecular complexity index is 569. The number of amides is 1. The summed E-state index contributed by atoms with van der Waals surface area (Å²) in [5.74, 6) is 0.264. The van der Waals surface area contributed by atoms with E-state index in [-0.39, 0.29) is 11.3 Å². The number of aryl methyl sites for hydroxylation is 1. The van der Waals surface area contributed by atoms with Crippen molar-refractivity contribution in [2.24, 2.45) is 5.41 Å². The summed E-state index contributed by atoms with van der Waals surface area (Å²) in [6, 6.07) is 5.86. The first-order valence-corrected chi connectivity index (χ1v) is 9.48. The van der Waals surface area contributed by atoms with Gasteiger partial charge in [0.05, 0.1) is 10.0 Å². The van der Waals surface area contributed by atoms with Gasteiger partial charge >= 0.3 is 0 Å². The minimum atomic E-state index is -0.289. The second kappa shape index (κ2) is 8.55. The van der Waals surface area contributed by atoms with E-state index in [0.717, 1.165) is 52.0 Å². The zero-order valence-electron chi connectivity index (χ0n) is 14.9. The van der Waals surface area contributed by atoms with E-state index in [1.165, 1.54) is 5.56 Å². The van der Waals surface area contributed by atoms with Gasteiger partial charge in [-0.05, 0) is 50.0 Å². The van der Waals surface area contributed by atoms with Crippen LogP contribution in [0.1, 0.15) is 39.2 Å². The van der Waals surface area contributed by atoms with Gasteiger partial charge in [0.15, 0.2) is 0 Å². The second-order valence-electron chi connectivity index (χ2n) is 7.59. The molecule has 134 valence electrons. The second-order valence-corrected chi connectivity index (χ2v) is 8.40. The van der Waals surface area contributed by atoms with Crippen LogP contribution in [0, 0.1) is 5.41 Å². The van der Waals surface area contributed by atoms with Crippen LogP contribution in [0.15, 0.2) is 18.2 Å². The van der Waals surface area contributed by atoms with Crippen molar-refractivity contribution in [3.05, 3.63) is 33.8 Å². The molecule has 0 bridgehead atoms. The minimum Gasteiger partial charge on any atom is -0.341 e. The SMILES string of the molecule is CC(C)(C)C(=O)N1CCCN(CCCc2ccc(Cl)c(Cl)c2)CC1. The number of benzene rings is 1. The highest BCUT2D eigenvalue weighted by Crippen LogP contribution is 2.23. The maximum Gasteiger partial charge on any atom is 0.227 e. The summed E-state index contributed by atoms with van der Waals surface area (Å²) in [4.78, 5) is 16.9. The van der Waals surface area contributed by atoms with Crippen LogP contribution in [0.4, 0.5) is 0 Å². The van der Waals surface area contributed by atoms with Crippen molar-refractivity contribution in [3.8, 4) is 0 Å². The first-order valence-electron chi connectivity index (χ1n) is 8.73. The van der Waals surface area contributed by atoms with Crippen LogP contribution in [0.5, 0.6) is 0 Å². The van der Waals surface area contributed by atoms with E-state index in [2.05, 4.69) is 4.90 Å². The molecule has 1 saturated heterocycles. The van der Waals surface area contributed by atoms with Crippen LogP contribution in [-0.2, 0) is 11.2 Å². The Hall–Kier alpha value is -0.770. The summed E-state index contributed by atoms with van der Waals surface area (Å²) in [6.07, 6.45) is 3.14. The number of carbonyl (C=O) groups excluding carboxylic acids is 1. The topological polar surface area (TPSA) is 23.6 Å². The zero-order chi connectivity index (χ0) is 17.7. The highest BCUT2D eigenvalue weighted by molar-refractivity contribution is 6.42. The molecule has 1 aliphatic rings. The minimum absolute atomic E-state index is 0.264. The average molecular weight is 371 g/mol. The molecule has 24 heavy (non-hydrogen) atoms. The molecule has 1 fully saturated rings. The lowest BCUT2D eigenvalue weighted by atomic mass is 9.94. The summed E-state index contributed by atoms with van der Waals surface area (Å²) in [6.45, 7) is 10.8. The summed E-state index contributed by atoms with van der Waals surface area (Å²) in [5.41, 5.74) is 0.937. The fraction of sp³-hybridized carbons (Fsp3) is 0.632. The number of halogens is 2. The van der Waals surface area contributed by atoms with Gasteiger partial charge in [-0.1, -0.05) is 50.0 Å². The molecule has 1 aromatic rings. The molecule has 0 aliphatic carbocycles. The van der Waals surface area contributed by atoms with E-state index in [1.54, 1.807) is 0 Å². The zero-order valence-corrected chi connectivity index (χ0v) is 16.5. The molecule has 0 aromatic heterocycles. The van der Waals surface area contributed by atoms with Crippen LogP contribution < -0.4 is 0 Å². The Labute approximate surface area is 155 Å². The molecule has 1 aliphatic heterocycles. The summed E-state index contributed by atoms with van der Waals surface area (Å²) in [5, 5.41) is 1.23. The number of hydrogen-bond donors (Lipinski definition) is 0. The third-order valence-electron chi connectivity index (χ3n) is 4.44. The molecule has 0 spiro atoms. The van der Waals surface area contributed by atoms with Crippen LogP contribution in [0.2, 0.25) is 10.0 Å². The molecular formula is C19H28Cl2N2O. The monoisotopic (exact) mass is 370 g/mol. The first kappa shape index (κ1) is 19.6. The summed E-state index contributed by atoms with van der Waals surface area (Å²) >= 11 is 12.0. The maximum absolute atomic E-state index is 12.4. The van der Waals surface area contributed by atoms with E-state index in [0.29, 0.717) is 10.0 Å². The molecule has 0 saturated carbocycles. The van der Waals surface area contributed by atoms with Crippen molar-refractivity contribution < 1.29 is 4.79 Å². The van der Waals surface area contributed by atoms with Gasteiger partial charge in [0.1, 0.15) is 0 Å². The van der Waals surface area contributed by atoms with Gasteiger partial charge < -0.3 is 9.80 Å². The highest BCUT2D eigenvalue weighted by atomic mass is 35.5. The smallest absolute Gasteiger partial charge is 0.227 e. The number of hydrogen-bond acceptors (Lipinski definition) is 2. The predicted molar refractivity (Wildman–Crippen MR) is 102 cm³/mol. The lowest BCUT2D eigenvalue weighted by molar-refractivity contribution is -0.139. The molecule has 3 nitrogen and oxygen atoms in total. The third kappa shape index (κ3) is 5.65. The fourth-order valence-corrected chi connectivity index (χ4v) is 3.39. The maximum atomic E-state index is 12.4. The van der Waals surface area contributed by atoms with Crippen LogP contribution in [0.25, 0.3) is 0 Å². The molecule has 1 aromatic carbocycles. The molecule has 0 N–H and O–H groups in total. The summed E-state index contributed by atoms with van der Waals surface area (Å²) in [7, 11) is 0. The van der Waals surface area contributed by atoms with Crippen LogP contribution in [-0.4, -0.2) is 48.4 Å². The predicted octanol–water partition coefficient (Wildman–Crippen LogP) is 4.51. The lowest BCUT2D eigenvalue weighted by Gasteiger charge is -2.28. The number of nitrogens with zero attached hydrogens (tertiary/aromatic N) is 2. The Morgan fingerprint density at radius 3 is 2.50 bits per heavy atom. The van der Waals surface area contributed by atoms with Gasteiger partial charge in [-0.25, -0.2) is 0 Å². The van der Waals surface area contributed by atoms with Gasteiger partial charge in [0.2, 0.25) is 5.91 Å². The van der Waals surface area contributed by atoms with Gasteiger partial charge in [-0.2, -0.15) is 0 Å². The Balaban J connectivity index is 1.78. The van der Waals surface area contributed by atoms with E-state index >= 15 is 0 Å². The Kier molecular flexibility index (Phi) is 6.97. The molecule has 0 unspecified atom stereocenters. The highest BCUT2D eigenvalue weighted by Gasteiger charge is 2.28. The van der Waals surface area contributed by atoms with Gasteiger partial charge in [-0.15, -0.1) is 0 Å². The van der Waals surface area contributed by atoms with E-state index in [4.69, 9.17) is 23.2 Å². The van der Waals surface area contributed by atoms with Crippen molar-refractivity contribution in [3.63, 3.8) is 0 Å². The van der Waals surface area contributed by atoms with Gasteiger partial charge in [0.25, 0.3) is 0 Å². The summed E-state index contributed by atoms with van der Waals surface area (Å²) < 4.78 is 0. The molecule has 2 rings (SSSR count). The average Bonchev–Trinajstić information content (AvgIpc) is 2.75. The molecule has 1 amide bonds. The first-order chi connectivity index (χ1) is 11.3. The standard InChI is InChI=1S/C19H28Cl2N2O/c1-19(2,3)18(24)23-11-5-10-22(12-13-23)9-4-6-15-7-8-16(20)17(21)14-15/h7-8,14H,4-6,9-13H2,1-3H3. The van der Waals surface area contributed by atoms with Crippen LogP contribution in [0.3, 0.4) is 0 Å². The molecule has 0 radical (unpaired) electrons. The van der Waals surface area contributed by atoms with E-state index < -0.39 is 0 Å². The van der Waals surface area contributed by atoms with Crippen molar-refractivity contribution in [1.29, 1.82) is 0 Å². The van der Waals surface area contributed by atoms with Crippen molar-refractivity contribution >= 4 is 29.1 Å². The molecular weight excluding hydrogens is 343 g/mol. The molecule has 5 heteroatoms. The van der Waals surface area contributed by atoms with Crippen molar-refractivity contribution in [2.75, 3.05) is 32.7 Å². The lowest BCUT2D eigenvalue weighted by Crippen LogP contribution is -2.41. The molecule has 1 heterocycles. The Morgan fingerprint density at radius 1 is 1.08 bits per heavy atom. The third-order valence-corrected chi connectivity index (χ3v) is 5.18. The Morgan fingerprint density at radius 2 is 1.83 bits per heavy atom. The van der Waals surface area contributed by atoms with E-state index in [9.17, 15) is 4.79 Å². The normalized spacial score (nSPS) is 17.0. The van der Waals surface area contributed by atoms with Gasteiger partial charge in [-0.3, -0.25) is 4.79 Å². The van der Waals surface area contributed by atoms with Crippen LogP contribution >= 0.6 is 23.2 Å². The van der Waals surface area contributed by atoms with Gasteiger partial charge in [0, 0.05) is 25.0 Å². The van der Waals surface area contributed by atoms with E-state index in [1.807, 2.05) is 43.9 Å². The number of rotatable bonds is 4. The number of carbonyl (C=O) groups is 1.